The molecule has 0 aliphatic rings. The Labute approximate surface area is 124 Å². The predicted molar refractivity (Wildman–Crippen MR) is 79.7 cm³/mol. The van der Waals surface area contributed by atoms with Crippen LogP contribution in [-0.4, -0.2) is 19.7 Å². The van der Waals surface area contributed by atoms with Crippen LogP contribution in [0.4, 0.5) is 0 Å². The standard InChI is InChI=1S/C14H11ClN4O2/c1-8-6-11(15)17-12(16-8)7-19-14(21)10-5-3-2-4-9(10)13(20)18-19/h2-6H,7H2,1H3,(H,18,20). The van der Waals surface area contributed by atoms with Crippen LogP contribution in [0.25, 0.3) is 10.8 Å². The minimum atomic E-state index is -0.330. The maximum atomic E-state index is 12.4. The van der Waals surface area contributed by atoms with Crippen molar-refractivity contribution in [3.05, 3.63) is 67.7 Å². The lowest BCUT2D eigenvalue weighted by Gasteiger charge is -2.07. The van der Waals surface area contributed by atoms with Crippen LogP contribution >= 0.6 is 11.6 Å². The molecule has 106 valence electrons. The molecule has 2 aromatic heterocycles. The number of nitrogens with zero attached hydrogens (tertiary/aromatic N) is 3. The Morgan fingerprint density at radius 3 is 2.62 bits per heavy atom. The molecule has 0 saturated carbocycles. The number of nitrogens with one attached hydrogen (secondary N) is 1. The Hall–Kier alpha value is -2.47. The molecule has 6 nitrogen and oxygen atoms in total. The van der Waals surface area contributed by atoms with E-state index in [9.17, 15) is 9.59 Å². The van der Waals surface area contributed by atoms with E-state index in [1.807, 2.05) is 0 Å². The van der Waals surface area contributed by atoms with E-state index in [0.29, 0.717) is 27.4 Å². The van der Waals surface area contributed by atoms with Crippen molar-refractivity contribution in [2.45, 2.75) is 13.5 Å². The van der Waals surface area contributed by atoms with Crippen LogP contribution in [-0.2, 0) is 6.54 Å². The molecule has 21 heavy (non-hydrogen) atoms. The van der Waals surface area contributed by atoms with Gasteiger partial charge in [-0.3, -0.25) is 14.7 Å². The van der Waals surface area contributed by atoms with Gasteiger partial charge in [0.2, 0.25) is 0 Å². The summed E-state index contributed by atoms with van der Waals surface area (Å²) < 4.78 is 1.19. The lowest BCUT2D eigenvalue weighted by molar-refractivity contribution is 0.611. The third-order valence-electron chi connectivity index (χ3n) is 3.05. The molecule has 0 amide bonds. The molecular formula is C14H11ClN4O2. The topological polar surface area (TPSA) is 80.6 Å². The fourth-order valence-electron chi connectivity index (χ4n) is 2.16. The maximum Gasteiger partial charge on any atom is 0.273 e. The summed E-state index contributed by atoms with van der Waals surface area (Å²) in [5, 5.41) is 3.56. The highest BCUT2D eigenvalue weighted by Gasteiger charge is 2.09. The zero-order chi connectivity index (χ0) is 15.0. The van der Waals surface area contributed by atoms with E-state index in [1.165, 1.54) is 4.68 Å². The Balaban J connectivity index is 2.15. The number of aryl methyl sites for hydroxylation is 1. The van der Waals surface area contributed by atoms with Crippen molar-refractivity contribution in [3.63, 3.8) is 0 Å². The molecule has 1 N–H and O–H groups in total. The number of halogens is 1. The van der Waals surface area contributed by atoms with Gasteiger partial charge in [0, 0.05) is 5.69 Å². The van der Waals surface area contributed by atoms with Crippen molar-refractivity contribution in [3.8, 4) is 0 Å². The fourth-order valence-corrected chi connectivity index (χ4v) is 2.41. The second-order valence-corrected chi connectivity index (χ2v) is 5.01. The Morgan fingerprint density at radius 1 is 1.19 bits per heavy atom. The summed E-state index contributed by atoms with van der Waals surface area (Å²) in [7, 11) is 0. The SMILES string of the molecule is Cc1cc(Cl)nc(Cn2[nH]c(=O)c3ccccc3c2=O)n1. The highest BCUT2D eigenvalue weighted by Crippen LogP contribution is 2.07. The number of aromatic amines is 1. The number of hydrogen-bond acceptors (Lipinski definition) is 4. The van der Waals surface area contributed by atoms with Crippen molar-refractivity contribution in [2.24, 2.45) is 0 Å². The Kier molecular flexibility index (Phi) is 3.31. The van der Waals surface area contributed by atoms with Crippen molar-refractivity contribution >= 4 is 22.4 Å². The largest absolute Gasteiger partial charge is 0.273 e. The molecule has 2 heterocycles. The summed E-state index contributed by atoms with van der Waals surface area (Å²) >= 11 is 5.87. The second kappa shape index (κ2) is 5.14. The minimum absolute atomic E-state index is 0.0559. The van der Waals surface area contributed by atoms with Gasteiger partial charge in [-0.1, -0.05) is 23.7 Å². The van der Waals surface area contributed by atoms with E-state index in [1.54, 1.807) is 37.3 Å². The van der Waals surface area contributed by atoms with Crippen LogP contribution in [0.2, 0.25) is 5.15 Å². The molecule has 0 saturated heterocycles. The molecule has 0 fully saturated rings. The number of benzene rings is 1. The number of H-pyrrole nitrogens is 1. The molecule has 0 radical (unpaired) electrons. The summed E-state index contributed by atoms with van der Waals surface area (Å²) in [6.07, 6.45) is 0. The quantitative estimate of drug-likeness (QED) is 0.727. The monoisotopic (exact) mass is 302 g/mol. The van der Waals surface area contributed by atoms with E-state index in [-0.39, 0.29) is 17.7 Å². The molecule has 0 unspecified atom stereocenters. The van der Waals surface area contributed by atoms with Gasteiger partial charge in [0.25, 0.3) is 11.1 Å². The Morgan fingerprint density at radius 2 is 1.90 bits per heavy atom. The third kappa shape index (κ3) is 2.57. The molecule has 0 spiro atoms. The van der Waals surface area contributed by atoms with Gasteiger partial charge in [-0.05, 0) is 25.1 Å². The maximum absolute atomic E-state index is 12.4. The summed E-state index contributed by atoms with van der Waals surface area (Å²) in [5.74, 6) is 0.369. The summed E-state index contributed by atoms with van der Waals surface area (Å²) in [5.41, 5.74) is 0.0663. The van der Waals surface area contributed by atoms with Crippen LogP contribution in [0.1, 0.15) is 11.5 Å². The summed E-state index contributed by atoms with van der Waals surface area (Å²) in [6, 6.07) is 8.28. The molecule has 3 aromatic rings. The average Bonchev–Trinajstić information content (AvgIpc) is 2.43. The lowest BCUT2D eigenvalue weighted by Crippen LogP contribution is -2.30. The number of aromatic nitrogens is 4. The van der Waals surface area contributed by atoms with E-state index in [0.717, 1.165) is 0 Å². The molecule has 0 aliphatic carbocycles. The first-order chi connectivity index (χ1) is 10.0. The first kappa shape index (κ1) is 13.5. The first-order valence-corrected chi connectivity index (χ1v) is 6.64. The van der Waals surface area contributed by atoms with E-state index in [2.05, 4.69) is 15.1 Å². The fraction of sp³-hybridized carbons (Fsp3) is 0.143. The smallest absolute Gasteiger partial charge is 0.267 e. The summed E-state index contributed by atoms with van der Waals surface area (Å²) in [4.78, 5) is 32.6. The van der Waals surface area contributed by atoms with Crippen LogP contribution in [0.5, 0.6) is 0 Å². The van der Waals surface area contributed by atoms with Gasteiger partial charge in [-0.15, -0.1) is 0 Å². The molecule has 0 atom stereocenters. The number of hydrogen-bond donors (Lipinski definition) is 1. The predicted octanol–water partition coefficient (Wildman–Crippen LogP) is 1.49. The van der Waals surface area contributed by atoms with E-state index >= 15 is 0 Å². The van der Waals surface area contributed by atoms with Gasteiger partial charge in [0.15, 0.2) is 5.82 Å². The zero-order valence-electron chi connectivity index (χ0n) is 11.1. The van der Waals surface area contributed by atoms with Gasteiger partial charge in [0.1, 0.15) is 11.7 Å². The van der Waals surface area contributed by atoms with E-state index < -0.39 is 0 Å². The van der Waals surface area contributed by atoms with Gasteiger partial charge in [0.05, 0.1) is 10.8 Å². The van der Waals surface area contributed by atoms with E-state index in [4.69, 9.17) is 11.6 Å². The van der Waals surface area contributed by atoms with Crippen LogP contribution < -0.4 is 11.1 Å². The lowest BCUT2D eigenvalue weighted by atomic mass is 10.2. The van der Waals surface area contributed by atoms with Crippen LogP contribution in [0.15, 0.2) is 39.9 Å². The van der Waals surface area contributed by atoms with Gasteiger partial charge >= 0.3 is 0 Å². The molecule has 3 rings (SSSR count). The minimum Gasteiger partial charge on any atom is -0.267 e. The average molecular weight is 303 g/mol. The van der Waals surface area contributed by atoms with Crippen LogP contribution in [0.3, 0.4) is 0 Å². The van der Waals surface area contributed by atoms with Crippen molar-refractivity contribution < 1.29 is 0 Å². The van der Waals surface area contributed by atoms with Crippen molar-refractivity contribution in [2.75, 3.05) is 0 Å². The molecule has 0 aliphatic heterocycles. The highest BCUT2D eigenvalue weighted by atomic mass is 35.5. The normalized spacial score (nSPS) is 11.0. The zero-order valence-corrected chi connectivity index (χ0v) is 11.9. The molecule has 0 bridgehead atoms. The first-order valence-electron chi connectivity index (χ1n) is 6.26. The summed E-state index contributed by atoms with van der Waals surface area (Å²) in [6.45, 7) is 1.84. The van der Waals surface area contributed by atoms with Crippen molar-refractivity contribution in [1.82, 2.24) is 19.7 Å². The molecule has 1 aromatic carbocycles. The van der Waals surface area contributed by atoms with Gasteiger partial charge in [-0.25, -0.2) is 14.6 Å². The molecular weight excluding hydrogens is 292 g/mol. The van der Waals surface area contributed by atoms with Gasteiger partial charge in [-0.2, -0.15) is 0 Å². The Bertz CT molecular complexity index is 925. The third-order valence-corrected chi connectivity index (χ3v) is 3.25. The molecule has 7 heteroatoms. The highest BCUT2D eigenvalue weighted by molar-refractivity contribution is 6.29. The number of fused-ring (bicyclic) bond motifs is 1. The van der Waals surface area contributed by atoms with Crippen LogP contribution in [0, 0.1) is 6.92 Å². The number of rotatable bonds is 2. The second-order valence-electron chi connectivity index (χ2n) is 4.63. The van der Waals surface area contributed by atoms with Gasteiger partial charge < -0.3 is 0 Å². The van der Waals surface area contributed by atoms with Crippen molar-refractivity contribution in [1.29, 1.82) is 0 Å².